The minimum Gasteiger partial charge on any atom is -0.492 e. The van der Waals surface area contributed by atoms with Gasteiger partial charge in [0.1, 0.15) is 0 Å². The fourth-order valence-corrected chi connectivity index (χ4v) is 5.62. The largest absolute Gasteiger partial charge is 0.492 e. The van der Waals surface area contributed by atoms with E-state index < -0.39 is 0 Å². The second-order valence-electron chi connectivity index (χ2n) is 5.57. The average molecular weight is 427 g/mol. The van der Waals surface area contributed by atoms with E-state index in [4.69, 9.17) is 4.74 Å². The number of hydrogen-bond acceptors (Lipinski definition) is 3. The van der Waals surface area contributed by atoms with E-state index in [1.165, 1.54) is 23.5 Å². The van der Waals surface area contributed by atoms with Crippen molar-refractivity contribution in [3.63, 3.8) is 0 Å². The molecule has 3 nitrogen and oxygen atoms in total. The van der Waals surface area contributed by atoms with Crippen molar-refractivity contribution < 1.29 is 25.9 Å². The topological polar surface area (TPSA) is 35.0 Å². The van der Waals surface area contributed by atoms with E-state index in [1.807, 2.05) is 30.9 Å². The molecule has 0 N–H and O–H groups in total. The van der Waals surface area contributed by atoms with Crippen LogP contribution < -0.4 is 25.9 Å². The van der Waals surface area contributed by atoms with Crippen molar-refractivity contribution >= 4 is 21.5 Å². The summed E-state index contributed by atoms with van der Waals surface area (Å²) < 4.78 is 8.33. The lowest BCUT2D eigenvalue weighted by molar-refractivity contribution is -0.598. The van der Waals surface area contributed by atoms with Gasteiger partial charge in [-0.2, -0.15) is 0 Å². The Morgan fingerprint density at radius 1 is 0.833 bits per heavy atom. The van der Waals surface area contributed by atoms with Gasteiger partial charge in [0.05, 0.1) is 7.11 Å². The Bertz CT molecular complexity index is 1050. The number of aromatic nitrogens is 2. The lowest BCUT2D eigenvalue weighted by Gasteiger charge is -2.04. The van der Waals surface area contributed by atoms with Gasteiger partial charge in [0.25, 0.3) is 0 Å². The molecule has 4 heteroatoms. The summed E-state index contributed by atoms with van der Waals surface area (Å²) in [4.78, 5) is 8.51. The Morgan fingerprint density at radius 3 is 2.46 bits per heavy atom. The number of hydrogen-bond donors (Lipinski definition) is 0. The van der Waals surface area contributed by atoms with Crippen molar-refractivity contribution in [2.75, 3.05) is 7.11 Å². The molecule has 4 rings (SSSR count). The highest BCUT2D eigenvalue weighted by Gasteiger charge is 2.24. The Morgan fingerprint density at radius 2 is 1.62 bits per heavy atom. The summed E-state index contributed by atoms with van der Waals surface area (Å²) in [5, 5.41) is 4.79. The Kier molecular flexibility index (Phi) is 4.06. The fourth-order valence-electron chi connectivity index (χ4n) is 2.81. The van der Waals surface area contributed by atoms with Gasteiger partial charge in [-0.05, 0) is 48.0 Å². The van der Waals surface area contributed by atoms with E-state index >= 15 is 0 Å². The number of nitrogens with zero attached hydrogens (tertiary/aromatic N) is 2. The van der Waals surface area contributed by atoms with Crippen molar-refractivity contribution in [1.29, 1.82) is 0 Å². The van der Waals surface area contributed by atoms with Gasteiger partial charge in [0.15, 0.2) is 9.32 Å². The molecule has 0 saturated heterocycles. The van der Waals surface area contributed by atoms with E-state index in [0.29, 0.717) is 0 Å². The summed E-state index contributed by atoms with van der Waals surface area (Å²) in [5.74, 6) is 0.965. The zero-order chi connectivity index (χ0) is 16.5. The first kappa shape index (κ1) is 15.3. The van der Waals surface area contributed by atoms with Gasteiger partial charge >= 0.3 is 21.2 Å². The van der Waals surface area contributed by atoms with Gasteiger partial charge in [-0.3, -0.25) is 9.97 Å². The van der Waals surface area contributed by atoms with E-state index in [2.05, 4.69) is 47.2 Å². The molecule has 0 atom stereocenters. The third-order valence-corrected chi connectivity index (χ3v) is 7.31. The third kappa shape index (κ3) is 2.71. The molecule has 0 aliphatic carbocycles. The Labute approximate surface area is 151 Å². The van der Waals surface area contributed by atoms with Crippen molar-refractivity contribution in [3.8, 4) is 5.75 Å². The first-order valence-corrected chi connectivity index (χ1v) is 9.82. The number of methoxy groups -OCH3 is 1. The molecule has 0 spiro atoms. The maximum absolute atomic E-state index is 5.65. The van der Waals surface area contributed by atoms with E-state index in [-0.39, 0.29) is 21.2 Å². The third-order valence-electron chi connectivity index (χ3n) is 4.14. The fraction of sp³-hybridized carbons (Fsp3) is 0.100. The first-order valence-electron chi connectivity index (χ1n) is 7.66. The van der Waals surface area contributed by atoms with Crippen molar-refractivity contribution in [2.24, 2.45) is 0 Å². The molecule has 4 aromatic rings. The molecule has 0 fully saturated rings. The number of pyridine rings is 2. The maximum Gasteiger partial charge on any atom is 0.362 e. The van der Waals surface area contributed by atoms with E-state index in [1.54, 1.807) is 7.11 Å². The molecule has 24 heavy (non-hydrogen) atoms. The Balaban J connectivity index is 1.83. The SMILES string of the molecule is COc1cc2ccncc2cc1[I+]c1ccc2ccncc2c1C. The van der Waals surface area contributed by atoms with Crippen LogP contribution in [0.3, 0.4) is 0 Å². The summed E-state index contributed by atoms with van der Waals surface area (Å²) in [7, 11) is 1.74. The quantitative estimate of drug-likeness (QED) is 0.462. The molecule has 0 saturated carbocycles. The number of halogens is 1. The van der Waals surface area contributed by atoms with Gasteiger partial charge in [0.2, 0.25) is 3.57 Å². The minimum atomic E-state index is -0.351. The summed E-state index contributed by atoms with van der Waals surface area (Å²) in [6.45, 7) is 2.19. The number of aryl methyl sites for hydroxylation is 1. The first-order chi connectivity index (χ1) is 11.8. The predicted octanol–water partition coefficient (Wildman–Crippen LogP) is 1.23. The maximum atomic E-state index is 5.65. The highest BCUT2D eigenvalue weighted by atomic mass is 127. The van der Waals surface area contributed by atoms with Crippen LogP contribution >= 0.6 is 0 Å². The van der Waals surface area contributed by atoms with Crippen molar-refractivity contribution in [2.45, 2.75) is 6.92 Å². The molecule has 0 aliphatic rings. The molecule has 0 bridgehead atoms. The zero-order valence-corrected chi connectivity index (χ0v) is 15.6. The number of benzene rings is 2. The summed E-state index contributed by atoms with van der Waals surface area (Å²) in [6.07, 6.45) is 7.53. The predicted molar refractivity (Wildman–Crippen MR) is 92.2 cm³/mol. The van der Waals surface area contributed by atoms with Gasteiger partial charge in [-0.1, -0.05) is 0 Å². The molecule has 0 unspecified atom stereocenters. The van der Waals surface area contributed by atoms with Gasteiger partial charge in [0, 0.05) is 47.2 Å². The summed E-state index contributed by atoms with van der Waals surface area (Å²) in [5.41, 5.74) is 1.32. The monoisotopic (exact) mass is 427 g/mol. The summed E-state index contributed by atoms with van der Waals surface area (Å²) in [6, 6.07) is 12.9. The van der Waals surface area contributed by atoms with Crippen LogP contribution in [0.25, 0.3) is 21.5 Å². The van der Waals surface area contributed by atoms with Crippen molar-refractivity contribution in [3.05, 3.63) is 73.9 Å². The molecule has 2 aromatic carbocycles. The lowest BCUT2D eigenvalue weighted by Crippen LogP contribution is -3.61. The van der Waals surface area contributed by atoms with Crippen LogP contribution in [0.4, 0.5) is 0 Å². The second-order valence-corrected chi connectivity index (χ2v) is 8.44. The van der Waals surface area contributed by atoms with Crippen LogP contribution in [0.5, 0.6) is 5.75 Å². The zero-order valence-electron chi connectivity index (χ0n) is 13.5. The number of rotatable bonds is 3. The molecule has 0 amide bonds. The minimum absolute atomic E-state index is 0.351. The Hall–Kier alpha value is -2.21. The van der Waals surface area contributed by atoms with Crippen LogP contribution in [0.15, 0.2) is 61.2 Å². The highest BCUT2D eigenvalue weighted by molar-refractivity contribution is 5.84. The molecular weight excluding hydrogens is 411 g/mol. The van der Waals surface area contributed by atoms with E-state index in [0.717, 1.165) is 16.5 Å². The van der Waals surface area contributed by atoms with E-state index in [9.17, 15) is 0 Å². The lowest BCUT2D eigenvalue weighted by atomic mass is 10.1. The normalized spacial score (nSPS) is 11.1. The molecule has 118 valence electrons. The second kappa shape index (κ2) is 6.36. The average Bonchev–Trinajstić information content (AvgIpc) is 2.63. The van der Waals surface area contributed by atoms with Crippen LogP contribution in [-0.2, 0) is 0 Å². The molecule has 2 aromatic heterocycles. The van der Waals surface area contributed by atoms with Gasteiger partial charge in [-0.25, -0.2) is 0 Å². The van der Waals surface area contributed by atoms with Crippen LogP contribution in [-0.4, -0.2) is 17.1 Å². The van der Waals surface area contributed by atoms with Crippen LogP contribution in [0, 0.1) is 14.1 Å². The summed E-state index contributed by atoms with van der Waals surface area (Å²) >= 11 is -0.351. The molecule has 2 heterocycles. The molecule has 0 radical (unpaired) electrons. The van der Waals surface area contributed by atoms with Crippen LogP contribution in [0.1, 0.15) is 5.56 Å². The number of fused-ring (bicyclic) bond motifs is 2. The smallest absolute Gasteiger partial charge is 0.362 e. The molecular formula is C20H16IN2O+. The highest BCUT2D eigenvalue weighted by Crippen LogP contribution is 2.20. The standard InChI is InChI=1S/C20H16IN2O/c1-13-17-12-23-7-5-14(17)3-4-18(13)21-19-9-16-11-22-8-6-15(16)10-20(19)24-2/h3-12H,1-2H3/q+1. The number of ether oxygens (including phenoxy) is 1. The van der Waals surface area contributed by atoms with Crippen LogP contribution in [0.2, 0.25) is 0 Å². The molecule has 0 aliphatic heterocycles. The van der Waals surface area contributed by atoms with Gasteiger partial charge in [-0.15, -0.1) is 0 Å². The van der Waals surface area contributed by atoms with Crippen molar-refractivity contribution in [1.82, 2.24) is 9.97 Å². The van der Waals surface area contributed by atoms with Gasteiger partial charge < -0.3 is 4.74 Å².